The van der Waals surface area contributed by atoms with Gasteiger partial charge in [0.2, 0.25) is 0 Å². The molecular weight excluding hydrogens is 324 g/mol. The number of aryl methyl sites for hydroxylation is 3. The Hall–Kier alpha value is -3.14. The van der Waals surface area contributed by atoms with Gasteiger partial charge >= 0.3 is 0 Å². The molecule has 0 bridgehead atoms. The highest BCUT2D eigenvalue weighted by Crippen LogP contribution is 2.23. The second-order valence-electron chi connectivity index (χ2n) is 6.63. The first kappa shape index (κ1) is 17.7. The van der Waals surface area contributed by atoms with E-state index in [0.29, 0.717) is 0 Å². The van der Waals surface area contributed by atoms with E-state index in [1.54, 1.807) is 13.1 Å². The predicted octanol–water partition coefficient (Wildman–Crippen LogP) is 4.24. The topological polar surface area (TPSA) is 53.2 Å². The van der Waals surface area contributed by atoms with E-state index < -0.39 is 0 Å². The van der Waals surface area contributed by atoms with E-state index in [9.17, 15) is 9.59 Å². The highest BCUT2D eigenvalue weighted by atomic mass is 16.2. The summed E-state index contributed by atoms with van der Waals surface area (Å²) >= 11 is 0. The van der Waals surface area contributed by atoms with Crippen LogP contribution in [0.4, 0.5) is 5.69 Å². The fraction of sp³-hybridized carbons (Fsp3) is 0.182. The lowest BCUT2D eigenvalue weighted by Gasteiger charge is -2.19. The Labute approximate surface area is 153 Å². The van der Waals surface area contributed by atoms with E-state index in [-0.39, 0.29) is 17.0 Å². The normalized spacial score (nSPS) is 10.6. The molecule has 4 nitrogen and oxygen atoms in total. The fourth-order valence-corrected chi connectivity index (χ4v) is 3.14. The van der Waals surface area contributed by atoms with E-state index in [1.165, 1.54) is 4.90 Å². The molecule has 1 heterocycles. The molecule has 0 fully saturated rings. The molecule has 1 N–H and O–H groups in total. The molecule has 4 heteroatoms. The average molecular weight is 346 g/mol. The highest BCUT2D eigenvalue weighted by molar-refractivity contribution is 6.06. The number of carbonyl (C=O) groups excluding carboxylic acids is 1. The summed E-state index contributed by atoms with van der Waals surface area (Å²) in [4.78, 5) is 29.8. The zero-order valence-electron chi connectivity index (χ0n) is 15.5. The van der Waals surface area contributed by atoms with Crippen LogP contribution in [-0.2, 0) is 0 Å². The lowest BCUT2D eigenvalue weighted by molar-refractivity contribution is 0.0991. The second kappa shape index (κ2) is 7.00. The molecule has 0 radical (unpaired) electrons. The third kappa shape index (κ3) is 3.45. The Bertz CT molecular complexity index is 1000. The number of H-pyrrole nitrogens is 1. The summed E-state index contributed by atoms with van der Waals surface area (Å²) in [6, 6.07) is 17.3. The molecule has 0 aliphatic rings. The Balaban J connectivity index is 2.05. The average Bonchev–Trinajstić information content (AvgIpc) is 2.60. The van der Waals surface area contributed by atoms with Crippen LogP contribution in [0.25, 0.3) is 11.1 Å². The Morgan fingerprint density at radius 3 is 2.15 bits per heavy atom. The van der Waals surface area contributed by atoms with E-state index >= 15 is 0 Å². The van der Waals surface area contributed by atoms with Crippen molar-refractivity contribution in [2.75, 3.05) is 11.9 Å². The summed E-state index contributed by atoms with van der Waals surface area (Å²) in [6.45, 7) is 5.81. The maximum atomic E-state index is 13.0. The van der Waals surface area contributed by atoms with Crippen molar-refractivity contribution in [3.63, 3.8) is 0 Å². The van der Waals surface area contributed by atoms with E-state index in [4.69, 9.17) is 0 Å². The van der Waals surface area contributed by atoms with Gasteiger partial charge in [-0.05, 0) is 55.7 Å². The minimum absolute atomic E-state index is 0.135. The van der Waals surface area contributed by atoms with Gasteiger partial charge in [-0.25, -0.2) is 0 Å². The number of rotatable bonds is 3. The van der Waals surface area contributed by atoms with Crippen molar-refractivity contribution >= 4 is 11.6 Å². The van der Waals surface area contributed by atoms with Crippen LogP contribution in [0.3, 0.4) is 0 Å². The number of nitrogens with zero attached hydrogens (tertiary/aromatic N) is 1. The van der Waals surface area contributed by atoms with Gasteiger partial charge in [0.15, 0.2) is 0 Å². The van der Waals surface area contributed by atoms with E-state index in [2.05, 4.69) is 4.98 Å². The molecule has 0 saturated carbocycles. The standard InChI is InChI=1S/C22H22N2O2/c1-14-10-15(2)12-18(11-14)24(4)22(26)20-13-19(16(3)23-21(20)25)17-8-6-5-7-9-17/h5-13H,1-4H3,(H,23,25). The van der Waals surface area contributed by atoms with Crippen molar-refractivity contribution in [2.45, 2.75) is 20.8 Å². The molecule has 132 valence electrons. The maximum Gasteiger partial charge on any atom is 0.263 e. The van der Waals surface area contributed by atoms with Crippen LogP contribution in [0.5, 0.6) is 0 Å². The van der Waals surface area contributed by atoms with Crippen LogP contribution in [0, 0.1) is 20.8 Å². The van der Waals surface area contributed by atoms with Crippen molar-refractivity contribution in [3.05, 3.63) is 87.3 Å². The molecule has 3 rings (SSSR count). The van der Waals surface area contributed by atoms with Crippen LogP contribution in [-0.4, -0.2) is 17.9 Å². The molecule has 1 amide bonds. The number of nitrogens with one attached hydrogen (secondary N) is 1. The summed E-state index contributed by atoms with van der Waals surface area (Å²) in [5.41, 5.74) is 5.23. The lowest BCUT2D eigenvalue weighted by Crippen LogP contribution is -2.32. The maximum absolute atomic E-state index is 13.0. The van der Waals surface area contributed by atoms with Crippen LogP contribution >= 0.6 is 0 Å². The minimum atomic E-state index is -0.372. The van der Waals surface area contributed by atoms with Crippen LogP contribution in [0.15, 0.2) is 59.4 Å². The number of aromatic nitrogens is 1. The molecule has 0 atom stereocenters. The molecule has 3 aromatic rings. The van der Waals surface area contributed by atoms with Crippen molar-refractivity contribution in [3.8, 4) is 11.1 Å². The lowest BCUT2D eigenvalue weighted by atomic mass is 10.0. The molecule has 0 spiro atoms. The van der Waals surface area contributed by atoms with Crippen molar-refractivity contribution in [1.29, 1.82) is 0 Å². The molecular formula is C22H22N2O2. The van der Waals surface area contributed by atoms with Crippen LogP contribution in [0.2, 0.25) is 0 Å². The van der Waals surface area contributed by atoms with Gasteiger partial charge in [0.1, 0.15) is 5.56 Å². The van der Waals surface area contributed by atoms with Crippen molar-refractivity contribution in [2.24, 2.45) is 0 Å². The first-order chi connectivity index (χ1) is 12.4. The van der Waals surface area contributed by atoms with Gasteiger partial charge < -0.3 is 9.88 Å². The zero-order valence-corrected chi connectivity index (χ0v) is 15.5. The third-order valence-electron chi connectivity index (χ3n) is 4.45. The number of amides is 1. The Morgan fingerprint density at radius 1 is 0.923 bits per heavy atom. The molecule has 0 aliphatic heterocycles. The van der Waals surface area contributed by atoms with Gasteiger partial charge in [-0.2, -0.15) is 0 Å². The highest BCUT2D eigenvalue weighted by Gasteiger charge is 2.19. The first-order valence-corrected chi connectivity index (χ1v) is 8.52. The number of hydrogen-bond acceptors (Lipinski definition) is 2. The number of aromatic amines is 1. The van der Waals surface area contributed by atoms with Gasteiger partial charge in [-0.15, -0.1) is 0 Å². The summed E-state index contributed by atoms with van der Waals surface area (Å²) < 4.78 is 0. The van der Waals surface area contributed by atoms with Gasteiger partial charge in [0, 0.05) is 24.0 Å². The number of benzene rings is 2. The van der Waals surface area contributed by atoms with Gasteiger partial charge in [0.25, 0.3) is 11.5 Å². The quantitative estimate of drug-likeness (QED) is 0.771. The first-order valence-electron chi connectivity index (χ1n) is 8.52. The van der Waals surface area contributed by atoms with E-state index in [1.807, 2.05) is 69.3 Å². The number of anilines is 1. The Morgan fingerprint density at radius 2 is 1.54 bits per heavy atom. The summed E-state index contributed by atoms with van der Waals surface area (Å²) in [7, 11) is 1.69. The summed E-state index contributed by atoms with van der Waals surface area (Å²) in [5.74, 6) is -0.326. The van der Waals surface area contributed by atoms with Crippen molar-refractivity contribution < 1.29 is 4.79 Å². The molecule has 1 aromatic heterocycles. The summed E-state index contributed by atoms with van der Waals surface area (Å²) in [6.07, 6.45) is 0. The molecule has 2 aromatic carbocycles. The number of pyridine rings is 1. The monoisotopic (exact) mass is 346 g/mol. The molecule has 0 saturated heterocycles. The Kier molecular flexibility index (Phi) is 4.76. The second-order valence-corrected chi connectivity index (χ2v) is 6.63. The van der Waals surface area contributed by atoms with Crippen LogP contribution in [0.1, 0.15) is 27.2 Å². The number of carbonyl (C=O) groups is 1. The predicted molar refractivity (Wildman–Crippen MR) is 106 cm³/mol. The van der Waals surface area contributed by atoms with Crippen LogP contribution < -0.4 is 10.5 Å². The van der Waals surface area contributed by atoms with Gasteiger partial charge in [-0.3, -0.25) is 9.59 Å². The SMILES string of the molecule is Cc1cc(C)cc(N(C)C(=O)c2cc(-c3ccccc3)c(C)[nH]c2=O)c1. The zero-order chi connectivity index (χ0) is 18.8. The summed E-state index contributed by atoms with van der Waals surface area (Å²) in [5, 5.41) is 0. The van der Waals surface area contributed by atoms with Crippen molar-refractivity contribution in [1.82, 2.24) is 4.98 Å². The molecule has 26 heavy (non-hydrogen) atoms. The van der Waals surface area contributed by atoms with E-state index in [0.717, 1.165) is 33.6 Å². The largest absolute Gasteiger partial charge is 0.325 e. The molecule has 0 unspecified atom stereocenters. The third-order valence-corrected chi connectivity index (χ3v) is 4.45. The number of hydrogen-bond donors (Lipinski definition) is 1. The smallest absolute Gasteiger partial charge is 0.263 e. The van der Waals surface area contributed by atoms with Gasteiger partial charge in [0.05, 0.1) is 0 Å². The molecule has 0 aliphatic carbocycles. The van der Waals surface area contributed by atoms with Gasteiger partial charge in [-0.1, -0.05) is 36.4 Å². The minimum Gasteiger partial charge on any atom is -0.325 e. The fourth-order valence-electron chi connectivity index (χ4n) is 3.14.